The Morgan fingerprint density at radius 1 is 1.53 bits per heavy atom. The molecule has 0 bridgehead atoms. The SMILES string of the molecule is Cc1c(CC2CCCN2)ccc(F)c1Br. The van der Waals surface area contributed by atoms with Gasteiger partial charge in [-0.25, -0.2) is 4.39 Å². The van der Waals surface area contributed by atoms with Crippen LogP contribution in [0.2, 0.25) is 0 Å². The van der Waals surface area contributed by atoms with E-state index >= 15 is 0 Å². The number of halogens is 2. The van der Waals surface area contributed by atoms with Crippen molar-refractivity contribution in [2.75, 3.05) is 6.54 Å². The molecular weight excluding hydrogens is 257 g/mol. The van der Waals surface area contributed by atoms with Crippen molar-refractivity contribution in [2.45, 2.75) is 32.2 Å². The van der Waals surface area contributed by atoms with Crippen molar-refractivity contribution in [3.63, 3.8) is 0 Å². The molecule has 82 valence electrons. The van der Waals surface area contributed by atoms with Gasteiger partial charge in [-0.1, -0.05) is 6.07 Å². The van der Waals surface area contributed by atoms with Crippen LogP contribution >= 0.6 is 15.9 Å². The smallest absolute Gasteiger partial charge is 0.137 e. The molecule has 3 heteroatoms. The minimum Gasteiger partial charge on any atom is -0.314 e. The maximum atomic E-state index is 13.2. The fourth-order valence-electron chi connectivity index (χ4n) is 2.11. The van der Waals surface area contributed by atoms with Crippen molar-refractivity contribution in [1.82, 2.24) is 5.32 Å². The van der Waals surface area contributed by atoms with E-state index in [9.17, 15) is 4.39 Å². The lowest BCUT2D eigenvalue weighted by Gasteiger charge is -2.13. The molecule has 0 saturated carbocycles. The van der Waals surface area contributed by atoms with E-state index in [1.807, 2.05) is 13.0 Å². The van der Waals surface area contributed by atoms with Crippen molar-refractivity contribution in [3.8, 4) is 0 Å². The zero-order chi connectivity index (χ0) is 10.8. The molecule has 1 aromatic carbocycles. The van der Waals surface area contributed by atoms with Gasteiger partial charge in [0.2, 0.25) is 0 Å². The molecular formula is C12H15BrFN. The molecule has 15 heavy (non-hydrogen) atoms. The van der Waals surface area contributed by atoms with Crippen molar-refractivity contribution in [1.29, 1.82) is 0 Å². The molecule has 1 aliphatic heterocycles. The lowest BCUT2D eigenvalue weighted by molar-refractivity contribution is 0.594. The van der Waals surface area contributed by atoms with E-state index in [1.54, 1.807) is 6.07 Å². The van der Waals surface area contributed by atoms with Gasteiger partial charge in [-0.3, -0.25) is 0 Å². The van der Waals surface area contributed by atoms with Crippen LogP contribution in [-0.4, -0.2) is 12.6 Å². The van der Waals surface area contributed by atoms with Crippen molar-refractivity contribution < 1.29 is 4.39 Å². The van der Waals surface area contributed by atoms with Crippen LogP contribution < -0.4 is 5.32 Å². The molecule has 1 atom stereocenters. The highest BCUT2D eigenvalue weighted by Crippen LogP contribution is 2.25. The van der Waals surface area contributed by atoms with Crippen LogP contribution in [0.15, 0.2) is 16.6 Å². The fraction of sp³-hybridized carbons (Fsp3) is 0.500. The zero-order valence-electron chi connectivity index (χ0n) is 8.82. The summed E-state index contributed by atoms with van der Waals surface area (Å²) in [6.07, 6.45) is 3.49. The zero-order valence-corrected chi connectivity index (χ0v) is 10.4. The topological polar surface area (TPSA) is 12.0 Å². The van der Waals surface area contributed by atoms with Gasteiger partial charge in [0.15, 0.2) is 0 Å². The molecule has 1 saturated heterocycles. The van der Waals surface area contributed by atoms with E-state index < -0.39 is 0 Å². The average Bonchev–Trinajstić information content (AvgIpc) is 2.72. The Balaban J connectivity index is 2.17. The van der Waals surface area contributed by atoms with Crippen LogP contribution in [0.4, 0.5) is 4.39 Å². The molecule has 1 aromatic rings. The van der Waals surface area contributed by atoms with Crippen LogP contribution in [0.1, 0.15) is 24.0 Å². The van der Waals surface area contributed by atoms with Gasteiger partial charge in [0, 0.05) is 6.04 Å². The molecule has 1 nitrogen and oxygen atoms in total. The molecule has 0 spiro atoms. The summed E-state index contributed by atoms with van der Waals surface area (Å²) in [6.45, 7) is 3.09. The molecule has 0 aromatic heterocycles. The third kappa shape index (κ3) is 2.40. The second-order valence-corrected chi connectivity index (χ2v) is 4.94. The summed E-state index contributed by atoms with van der Waals surface area (Å²) in [5.74, 6) is -0.171. The number of benzene rings is 1. The van der Waals surface area contributed by atoms with E-state index in [1.165, 1.54) is 18.4 Å². The summed E-state index contributed by atoms with van der Waals surface area (Å²) >= 11 is 3.28. The van der Waals surface area contributed by atoms with E-state index in [0.717, 1.165) is 18.5 Å². The predicted molar refractivity (Wildman–Crippen MR) is 63.6 cm³/mol. The van der Waals surface area contributed by atoms with Gasteiger partial charge in [0.05, 0.1) is 4.47 Å². The van der Waals surface area contributed by atoms with Gasteiger partial charge >= 0.3 is 0 Å². The number of nitrogens with one attached hydrogen (secondary N) is 1. The molecule has 0 aliphatic carbocycles. The Morgan fingerprint density at radius 2 is 2.33 bits per heavy atom. The van der Waals surface area contributed by atoms with Crippen molar-refractivity contribution in [3.05, 3.63) is 33.5 Å². The largest absolute Gasteiger partial charge is 0.314 e. The Kier molecular flexibility index (Phi) is 3.42. The first kappa shape index (κ1) is 11.1. The minimum absolute atomic E-state index is 0.171. The van der Waals surface area contributed by atoms with E-state index in [4.69, 9.17) is 0 Å². The highest BCUT2D eigenvalue weighted by molar-refractivity contribution is 9.10. The van der Waals surface area contributed by atoms with Crippen LogP contribution in [0, 0.1) is 12.7 Å². The maximum absolute atomic E-state index is 13.2. The van der Waals surface area contributed by atoms with Gasteiger partial charge < -0.3 is 5.32 Å². The number of rotatable bonds is 2. The normalized spacial score (nSPS) is 20.9. The monoisotopic (exact) mass is 271 g/mol. The van der Waals surface area contributed by atoms with E-state index in [-0.39, 0.29) is 5.82 Å². The second kappa shape index (κ2) is 4.62. The van der Waals surface area contributed by atoms with E-state index in [0.29, 0.717) is 10.5 Å². The number of hydrogen-bond donors (Lipinski definition) is 1. The van der Waals surface area contributed by atoms with Gasteiger partial charge in [-0.05, 0) is 65.9 Å². The second-order valence-electron chi connectivity index (χ2n) is 4.14. The van der Waals surface area contributed by atoms with Crippen molar-refractivity contribution in [2.24, 2.45) is 0 Å². The van der Waals surface area contributed by atoms with Crippen LogP contribution in [-0.2, 0) is 6.42 Å². The number of hydrogen-bond acceptors (Lipinski definition) is 1. The van der Waals surface area contributed by atoms with Crippen LogP contribution in [0.3, 0.4) is 0 Å². The molecule has 0 radical (unpaired) electrons. The van der Waals surface area contributed by atoms with Gasteiger partial charge in [0.25, 0.3) is 0 Å². The highest BCUT2D eigenvalue weighted by Gasteiger charge is 2.16. The highest BCUT2D eigenvalue weighted by atomic mass is 79.9. The summed E-state index contributed by atoms with van der Waals surface area (Å²) in [6, 6.07) is 4.01. The third-order valence-electron chi connectivity index (χ3n) is 3.08. The summed E-state index contributed by atoms with van der Waals surface area (Å²) < 4.78 is 13.8. The van der Waals surface area contributed by atoms with Crippen LogP contribution in [0.25, 0.3) is 0 Å². The minimum atomic E-state index is -0.171. The van der Waals surface area contributed by atoms with Crippen molar-refractivity contribution >= 4 is 15.9 Å². The standard InChI is InChI=1S/C12H15BrFN/c1-8-9(4-5-11(14)12(8)13)7-10-3-2-6-15-10/h4-5,10,15H,2-3,6-7H2,1H3. The first-order chi connectivity index (χ1) is 7.18. The molecule has 0 amide bonds. The Hall–Kier alpha value is -0.410. The maximum Gasteiger partial charge on any atom is 0.137 e. The lowest BCUT2D eigenvalue weighted by Crippen LogP contribution is -2.24. The summed E-state index contributed by atoms with van der Waals surface area (Å²) in [5.41, 5.74) is 2.27. The molecule has 2 rings (SSSR count). The molecule has 1 N–H and O–H groups in total. The molecule has 1 aliphatic rings. The first-order valence-electron chi connectivity index (χ1n) is 5.35. The Labute approximate surface area is 98.2 Å². The Bertz CT molecular complexity index is 359. The average molecular weight is 272 g/mol. The first-order valence-corrected chi connectivity index (χ1v) is 6.14. The summed E-state index contributed by atoms with van der Waals surface area (Å²) in [7, 11) is 0. The van der Waals surface area contributed by atoms with Gasteiger partial charge in [0.1, 0.15) is 5.82 Å². The fourth-order valence-corrected chi connectivity index (χ4v) is 2.50. The van der Waals surface area contributed by atoms with Crippen LogP contribution in [0.5, 0.6) is 0 Å². The van der Waals surface area contributed by atoms with Gasteiger partial charge in [-0.2, -0.15) is 0 Å². The quantitative estimate of drug-likeness (QED) is 0.871. The lowest BCUT2D eigenvalue weighted by atomic mass is 10.0. The Morgan fingerprint density at radius 3 is 3.00 bits per heavy atom. The predicted octanol–water partition coefficient (Wildman–Crippen LogP) is 3.19. The van der Waals surface area contributed by atoms with Gasteiger partial charge in [-0.15, -0.1) is 0 Å². The third-order valence-corrected chi connectivity index (χ3v) is 4.05. The molecule has 1 fully saturated rings. The molecule has 1 unspecified atom stereocenters. The van der Waals surface area contributed by atoms with E-state index in [2.05, 4.69) is 21.2 Å². The summed E-state index contributed by atoms with van der Waals surface area (Å²) in [4.78, 5) is 0. The molecule has 1 heterocycles. The summed E-state index contributed by atoms with van der Waals surface area (Å²) in [5, 5.41) is 3.46.